The van der Waals surface area contributed by atoms with Gasteiger partial charge in [-0.1, -0.05) is 43.7 Å². The summed E-state index contributed by atoms with van der Waals surface area (Å²) in [6.07, 6.45) is 5.56. The van der Waals surface area contributed by atoms with Crippen LogP contribution in [0.5, 0.6) is 0 Å². The van der Waals surface area contributed by atoms with Crippen LogP contribution in [-0.2, 0) is 6.42 Å². The number of anilines is 1. The largest absolute Gasteiger partial charge is 0.355 e. The van der Waals surface area contributed by atoms with Crippen molar-refractivity contribution in [3.8, 4) is 0 Å². The third kappa shape index (κ3) is 5.28. The molecule has 27 heavy (non-hydrogen) atoms. The number of nitrogens with zero attached hydrogens (tertiary/aromatic N) is 4. The molecule has 0 radical (unpaired) electrons. The molecule has 0 atom stereocenters. The molecular weight excluding hydrogens is 336 g/mol. The summed E-state index contributed by atoms with van der Waals surface area (Å²) in [4.78, 5) is 16.4. The summed E-state index contributed by atoms with van der Waals surface area (Å²) in [6.45, 7) is 4.87. The van der Waals surface area contributed by atoms with Gasteiger partial charge in [-0.05, 0) is 49.3 Å². The van der Waals surface area contributed by atoms with Gasteiger partial charge < -0.3 is 9.80 Å². The van der Waals surface area contributed by atoms with Crippen molar-refractivity contribution in [1.82, 2.24) is 15.1 Å². The van der Waals surface area contributed by atoms with Crippen LogP contribution in [0.1, 0.15) is 48.7 Å². The van der Waals surface area contributed by atoms with Crippen molar-refractivity contribution in [3.63, 3.8) is 0 Å². The van der Waals surface area contributed by atoms with E-state index in [2.05, 4.69) is 52.4 Å². The second kappa shape index (κ2) is 9.49. The van der Waals surface area contributed by atoms with Gasteiger partial charge >= 0.3 is 0 Å². The van der Waals surface area contributed by atoms with Crippen LogP contribution in [0.3, 0.4) is 0 Å². The molecule has 0 aliphatic carbocycles. The Kier molecular flexibility index (Phi) is 6.80. The lowest BCUT2D eigenvalue weighted by Crippen LogP contribution is -2.35. The normalized spacial score (nSPS) is 15.0. The second-order valence-corrected chi connectivity index (χ2v) is 7.48. The van der Waals surface area contributed by atoms with Gasteiger partial charge in [0.1, 0.15) is 0 Å². The number of aromatic nitrogens is 2. The van der Waals surface area contributed by atoms with Crippen LogP contribution in [0.2, 0.25) is 0 Å². The Bertz CT molecular complexity index is 709. The number of benzene rings is 1. The molecular formula is C22H30N4O. The SMILES string of the molecule is CCCCN(C)C(=O)c1ccc(N2CCC(Cc3ccccc3)CC2)nn1. The highest BCUT2D eigenvalue weighted by atomic mass is 16.2. The topological polar surface area (TPSA) is 49.3 Å². The zero-order chi connectivity index (χ0) is 19.1. The predicted octanol–water partition coefficient (Wildman–Crippen LogP) is 3.81. The summed E-state index contributed by atoms with van der Waals surface area (Å²) in [6, 6.07) is 14.5. The molecule has 144 valence electrons. The molecule has 1 aliphatic heterocycles. The lowest BCUT2D eigenvalue weighted by Gasteiger charge is -2.32. The van der Waals surface area contributed by atoms with E-state index in [-0.39, 0.29) is 5.91 Å². The van der Waals surface area contributed by atoms with Gasteiger partial charge in [-0.15, -0.1) is 10.2 Å². The molecule has 5 heteroatoms. The molecule has 0 unspecified atom stereocenters. The van der Waals surface area contributed by atoms with E-state index in [0.29, 0.717) is 5.69 Å². The maximum atomic E-state index is 12.4. The molecule has 0 bridgehead atoms. The second-order valence-electron chi connectivity index (χ2n) is 7.48. The molecule has 1 fully saturated rings. The third-order valence-corrected chi connectivity index (χ3v) is 5.37. The first kappa shape index (κ1) is 19.3. The summed E-state index contributed by atoms with van der Waals surface area (Å²) in [7, 11) is 1.82. The lowest BCUT2D eigenvalue weighted by atomic mass is 9.90. The molecule has 3 rings (SSSR count). The van der Waals surface area contributed by atoms with E-state index >= 15 is 0 Å². The number of hydrogen-bond donors (Lipinski definition) is 0. The van der Waals surface area contributed by atoms with Gasteiger partial charge in [0, 0.05) is 26.7 Å². The van der Waals surface area contributed by atoms with Crippen LogP contribution >= 0.6 is 0 Å². The Balaban J connectivity index is 1.52. The van der Waals surface area contributed by atoms with Gasteiger partial charge in [-0.25, -0.2) is 0 Å². The molecule has 1 amide bonds. The first-order valence-corrected chi connectivity index (χ1v) is 10.1. The van der Waals surface area contributed by atoms with E-state index in [1.54, 1.807) is 4.90 Å². The van der Waals surface area contributed by atoms with Crippen molar-refractivity contribution in [2.45, 2.75) is 39.0 Å². The fraction of sp³-hybridized carbons (Fsp3) is 0.500. The number of unbranched alkanes of at least 4 members (excludes halogenated alkanes) is 1. The highest BCUT2D eigenvalue weighted by Gasteiger charge is 2.21. The van der Waals surface area contributed by atoms with Crippen molar-refractivity contribution in [2.75, 3.05) is 31.6 Å². The summed E-state index contributed by atoms with van der Waals surface area (Å²) >= 11 is 0. The molecule has 2 aromatic rings. The maximum absolute atomic E-state index is 12.4. The standard InChI is InChI=1S/C22H30N4O/c1-3-4-14-25(2)22(27)20-10-11-21(24-23-20)26-15-12-19(13-16-26)17-18-8-6-5-7-9-18/h5-11,19H,3-4,12-17H2,1-2H3. The van der Waals surface area contributed by atoms with Crippen molar-refractivity contribution in [2.24, 2.45) is 5.92 Å². The van der Waals surface area contributed by atoms with Gasteiger partial charge in [0.15, 0.2) is 11.5 Å². The molecule has 0 saturated carbocycles. The fourth-order valence-corrected chi connectivity index (χ4v) is 3.61. The van der Waals surface area contributed by atoms with Gasteiger partial charge in [0.05, 0.1) is 0 Å². The minimum Gasteiger partial charge on any atom is -0.355 e. The molecule has 5 nitrogen and oxygen atoms in total. The molecule has 2 heterocycles. The highest BCUT2D eigenvalue weighted by molar-refractivity contribution is 5.92. The number of amides is 1. The molecule has 0 spiro atoms. The van der Waals surface area contributed by atoms with Crippen LogP contribution in [-0.4, -0.2) is 47.7 Å². The predicted molar refractivity (Wildman–Crippen MR) is 109 cm³/mol. The number of rotatable bonds is 7. The van der Waals surface area contributed by atoms with Crippen LogP contribution < -0.4 is 4.90 Å². The van der Waals surface area contributed by atoms with Crippen molar-refractivity contribution < 1.29 is 4.79 Å². The number of carbonyl (C=O) groups excluding carboxylic acids is 1. The number of carbonyl (C=O) groups is 1. The van der Waals surface area contributed by atoms with Gasteiger partial charge in [0.25, 0.3) is 5.91 Å². The summed E-state index contributed by atoms with van der Waals surface area (Å²) in [5.41, 5.74) is 1.85. The Hall–Kier alpha value is -2.43. The van der Waals surface area contributed by atoms with E-state index in [1.807, 2.05) is 19.2 Å². The minimum atomic E-state index is -0.0518. The van der Waals surface area contributed by atoms with E-state index in [1.165, 1.54) is 5.56 Å². The Morgan fingerprint density at radius 1 is 1.11 bits per heavy atom. The average molecular weight is 367 g/mol. The summed E-state index contributed by atoms with van der Waals surface area (Å²) < 4.78 is 0. The molecule has 0 N–H and O–H groups in total. The highest BCUT2D eigenvalue weighted by Crippen LogP contribution is 2.24. The molecule has 1 aliphatic rings. The zero-order valence-electron chi connectivity index (χ0n) is 16.5. The molecule has 1 saturated heterocycles. The lowest BCUT2D eigenvalue weighted by molar-refractivity contribution is 0.0786. The fourth-order valence-electron chi connectivity index (χ4n) is 3.61. The van der Waals surface area contributed by atoms with Crippen molar-refractivity contribution in [1.29, 1.82) is 0 Å². The Morgan fingerprint density at radius 2 is 1.85 bits per heavy atom. The van der Waals surface area contributed by atoms with Gasteiger partial charge in [0.2, 0.25) is 0 Å². The zero-order valence-corrected chi connectivity index (χ0v) is 16.5. The first-order chi connectivity index (χ1) is 13.2. The van der Waals surface area contributed by atoms with Crippen LogP contribution in [0.4, 0.5) is 5.82 Å². The summed E-state index contributed by atoms with van der Waals surface area (Å²) in [5.74, 6) is 1.55. The van der Waals surface area contributed by atoms with Gasteiger partial charge in [-0.2, -0.15) is 0 Å². The number of hydrogen-bond acceptors (Lipinski definition) is 4. The van der Waals surface area contributed by atoms with E-state index in [4.69, 9.17) is 0 Å². The van der Waals surface area contributed by atoms with E-state index in [9.17, 15) is 4.79 Å². The quantitative estimate of drug-likeness (QED) is 0.748. The van der Waals surface area contributed by atoms with Gasteiger partial charge in [-0.3, -0.25) is 4.79 Å². The molecule has 1 aromatic heterocycles. The number of piperidine rings is 1. The van der Waals surface area contributed by atoms with Crippen LogP contribution in [0, 0.1) is 5.92 Å². The first-order valence-electron chi connectivity index (χ1n) is 10.1. The van der Waals surface area contributed by atoms with Crippen LogP contribution in [0.25, 0.3) is 0 Å². The Morgan fingerprint density at radius 3 is 2.48 bits per heavy atom. The summed E-state index contributed by atoms with van der Waals surface area (Å²) in [5, 5.41) is 8.51. The Labute approximate surface area is 162 Å². The smallest absolute Gasteiger partial charge is 0.274 e. The van der Waals surface area contributed by atoms with E-state index in [0.717, 1.165) is 63.5 Å². The van der Waals surface area contributed by atoms with E-state index < -0.39 is 0 Å². The maximum Gasteiger partial charge on any atom is 0.274 e. The monoisotopic (exact) mass is 366 g/mol. The van der Waals surface area contributed by atoms with Crippen molar-refractivity contribution in [3.05, 3.63) is 53.7 Å². The third-order valence-electron chi connectivity index (χ3n) is 5.37. The van der Waals surface area contributed by atoms with Crippen molar-refractivity contribution >= 4 is 11.7 Å². The minimum absolute atomic E-state index is 0.0518. The average Bonchev–Trinajstić information content (AvgIpc) is 2.73. The van der Waals surface area contributed by atoms with Crippen LogP contribution in [0.15, 0.2) is 42.5 Å². The molecule has 1 aromatic carbocycles.